The monoisotopic (exact) mass is 1060 g/mol. The number of likely N-dealkylation sites (tertiary alicyclic amines) is 2. The first kappa shape index (κ1) is 59.1. The third-order valence-corrected chi connectivity index (χ3v) is 15.4. The number of amides is 4. The fourth-order valence-electron chi connectivity index (χ4n) is 10.8. The van der Waals surface area contributed by atoms with Crippen molar-refractivity contribution in [3.63, 3.8) is 0 Å². The van der Waals surface area contributed by atoms with Crippen molar-refractivity contribution in [1.29, 1.82) is 0 Å². The Balaban J connectivity index is 0.00000266. The maximum absolute atomic E-state index is 14.7. The molecule has 0 saturated carbocycles. The fourth-order valence-corrected chi connectivity index (χ4v) is 11.7. The van der Waals surface area contributed by atoms with Gasteiger partial charge in [-0.1, -0.05) is 33.8 Å². The van der Waals surface area contributed by atoms with Crippen LogP contribution in [0.4, 0.5) is 4.79 Å². The molecule has 2 N–H and O–H groups in total. The SMILES string of the molecule is CCn1c(-c2cccnc2[C@H](C)OC)c2c3cc(ccc31)-c1csc(n1)C[C@H](NC(=O)[C@H](C(C)C)N(C)C(=O)N1CCCC13CCN(C)CC3)C(=O)N1CCC[C@H](N1)C(=O)OCC(C)(C)C2.S.S.S.S. The van der Waals surface area contributed by atoms with Crippen LogP contribution in [0.2, 0.25) is 0 Å². The molecule has 6 bridgehead atoms. The average Bonchev–Trinajstić information content (AvgIpc) is 4.03. The minimum atomic E-state index is -1.04. The first-order chi connectivity index (χ1) is 31.5. The van der Waals surface area contributed by atoms with Gasteiger partial charge in [-0.25, -0.2) is 15.2 Å². The molecule has 3 saturated heterocycles. The average molecular weight is 1060 g/mol. The van der Waals surface area contributed by atoms with E-state index in [9.17, 15) is 19.2 Å². The number of carbonyl (C=O) groups is 4. The van der Waals surface area contributed by atoms with Gasteiger partial charge in [0.2, 0.25) is 5.91 Å². The number of aryl methyl sites for hydroxylation is 1. The number of likely N-dealkylation sites (N-methyl/N-ethyl adjacent to an activating group) is 1. The summed E-state index contributed by atoms with van der Waals surface area (Å²) in [6.07, 6.45) is 7.04. The molecule has 7 heterocycles. The van der Waals surface area contributed by atoms with Gasteiger partial charge < -0.3 is 34.1 Å². The van der Waals surface area contributed by atoms with Gasteiger partial charge in [-0.05, 0) is 102 Å². The highest BCUT2D eigenvalue weighted by Crippen LogP contribution is 2.43. The van der Waals surface area contributed by atoms with Crippen LogP contribution in [-0.2, 0) is 43.2 Å². The Bertz CT molecular complexity index is 2460. The normalized spacial score (nSPS) is 21.1. The molecule has 1 spiro atoms. The van der Waals surface area contributed by atoms with Crippen molar-refractivity contribution in [2.45, 2.75) is 129 Å². The van der Waals surface area contributed by atoms with Gasteiger partial charge in [-0.2, -0.15) is 54.0 Å². The van der Waals surface area contributed by atoms with E-state index in [0.717, 1.165) is 83.4 Å². The Morgan fingerprint density at radius 3 is 2.44 bits per heavy atom. The highest BCUT2D eigenvalue weighted by Gasteiger charge is 2.47. The minimum absolute atomic E-state index is 0. The maximum Gasteiger partial charge on any atom is 0.324 e. The second kappa shape index (κ2) is 24.5. The Morgan fingerprint density at radius 1 is 1.03 bits per heavy atom. The number of hydrogen-bond acceptors (Lipinski definition) is 11. The van der Waals surface area contributed by atoms with Crippen LogP contribution in [-0.4, -0.2) is 136 Å². The number of aromatic nitrogens is 3. The Kier molecular flexibility index (Phi) is 20.7. The lowest BCUT2D eigenvalue weighted by molar-refractivity contribution is -0.155. The molecule has 70 heavy (non-hydrogen) atoms. The van der Waals surface area contributed by atoms with E-state index in [2.05, 4.69) is 72.3 Å². The van der Waals surface area contributed by atoms with Crippen LogP contribution in [0.5, 0.6) is 0 Å². The maximum atomic E-state index is 14.7. The number of hydrazine groups is 1. The third kappa shape index (κ3) is 12.0. The molecular formula is C50H77N9O6S5. The van der Waals surface area contributed by atoms with E-state index >= 15 is 0 Å². The number of cyclic esters (lactones) is 1. The van der Waals surface area contributed by atoms with E-state index in [1.807, 2.05) is 37.1 Å². The zero-order valence-corrected chi connectivity index (χ0v) is 47.1. The molecule has 0 radical (unpaired) electrons. The zero-order valence-electron chi connectivity index (χ0n) is 42.3. The molecule has 3 aromatic heterocycles. The number of nitrogens with zero attached hydrogens (tertiary/aromatic N) is 7. The van der Waals surface area contributed by atoms with Gasteiger partial charge in [0.05, 0.1) is 34.8 Å². The van der Waals surface area contributed by atoms with Crippen molar-refractivity contribution in [3.05, 3.63) is 58.2 Å². The van der Waals surface area contributed by atoms with Crippen molar-refractivity contribution in [2.24, 2.45) is 11.3 Å². The van der Waals surface area contributed by atoms with Gasteiger partial charge in [0.1, 0.15) is 18.1 Å². The van der Waals surface area contributed by atoms with E-state index in [0.29, 0.717) is 43.9 Å². The summed E-state index contributed by atoms with van der Waals surface area (Å²) in [6.45, 7) is 16.0. The van der Waals surface area contributed by atoms with E-state index in [-0.39, 0.29) is 96.5 Å². The Labute approximate surface area is 446 Å². The predicted molar refractivity (Wildman–Crippen MR) is 298 cm³/mol. The van der Waals surface area contributed by atoms with Crippen LogP contribution in [0.3, 0.4) is 0 Å². The predicted octanol–water partition coefficient (Wildman–Crippen LogP) is 7.29. The third-order valence-electron chi connectivity index (χ3n) is 14.5. The van der Waals surface area contributed by atoms with Crippen molar-refractivity contribution >= 4 is 100 Å². The number of hydrogen-bond donors (Lipinski definition) is 2. The van der Waals surface area contributed by atoms with E-state index in [4.69, 9.17) is 19.4 Å². The lowest BCUT2D eigenvalue weighted by atomic mass is 9.84. The summed E-state index contributed by atoms with van der Waals surface area (Å²) >= 11 is 1.44. The smallest absolute Gasteiger partial charge is 0.324 e. The van der Waals surface area contributed by atoms with Gasteiger partial charge >= 0.3 is 12.0 Å². The number of carbonyl (C=O) groups excluding carboxylic acids is 4. The van der Waals surface area contributed by atoms with Crippen LogP contribution >= 0.6 is 65.3 Å². The second-order valence-electron chi connectivity index (χ2n) is 20.1. The number of methoxy groups -OCH3 is 1. The van der Waals surface area contributed by atoms with Crippen LogP contribution in [0, 0.1) is 11.3 Å². The number of benzene rings is 1. The van der Waals surface area contributed by atoms with E-state index < -0.39 is 35.4 Å². The molecule has 20 heteroatoms. The molecule has 0 aliphatic carbocycles. The quantitative estimate of drug-likeness (QED) is 0.172. The number of piperidine rings is 1. The molecule has 4 aliphatic heterocycles. The molecule has 1 aromatic carbocycles. The van der Waals surface area contributed by atoms with Crippen LogP contribution in [0.25, 0.3) is 33.4 Å². The van der Waals surface area contributed by atoms with E-state index in [1.165, 1.54) is 16.3 Å². The summed E-state index contributed by atoms with van der Waals surface area (Å²) < 4.78 is 14.3. The van der Waals surface area contributed by atoms with Crippen molar-refractivity contribution in [2.75, 3.05) is 54.0 Å². The number of urea groups is 1. The van der Waals surface area contributed by atoms with Crippen LogP contribution in [0.1, 0.15) is 102 Å². The summed E-state index contributed by atoms with van der Waals surface area (Å²) in [6, 6.07) is 7.72. The number of esters is 1. The molecule has 8 rings (SSSR count). The number of thiazole rings is 1. The molecule has 388 valence electrons. The van der Waals surface area contributed by atoms with Crippen molar-refractivity contribution < 1.29 is 28.7 Å². The van der Waals surface area contributed by atoms with Gasteiger partial charge in [0.25, 0.3) is 5.91 Å². The molecule has 0 unspecified atom stereocenters. The largest absolute Gasteiger partial charge is 0.464 e. The molecule has 4 atom stereocenters. The number of ether oxygens (including phenoxy) is 2. The number of fused-ring (bicyclic) bond motifs is 6. The standard InChI is InChI=1S/C50H69N9O6S.4H2S/c1-10-57-40-17-16-33-26-35(40)36(44(57)34-14-11-21-51-42(34)32(4)64-9)28-49(5,6)30-65-47(62)37-15-12-23-59(54-37)46(61)38(27-41-52-39(33)29-66-41)53-45(60)43(31(2)3)56(8)48(63)58-22-13-18-50(58)19-24-55(7)25-20-50;;;;/h11,14,16-17,21,26,29,31-32,37-38,43,54H,10,12-13,15,18-20,22-25,27-28,30H2,1-9H3,(H,53,60);4*1H2/t32-,37-,38-,43-;;;;/m0..../s1. The number of nitrogens with one attached hydrogen (secondary N) is 2. The second-order valence-corrected chi connectivity index (χ2v) is 21.1. The fraction of sp³-hybridized carbons (Fsp3) is 0.600. The van der Waals surface area contributed by atoms with Gasteiger partial charge in [0.15, 0.2) is 0 Å². The topological polar surface area (TPSA) is 154 Å². The summed E-state index contributed by atoms with van der Waals surface area (Å²) in [5, 5.41) is 8.32. The number of pyridine rings is 1. The first-order valence-corrected chi connectivity index (χ1v) is 24.8. The Hall–Kier alpha value is -3.50. The van der Waals surface area contributed by atoms with Gasteiger partial charge in [-0.15, -0.1) is 11.3 Å². The Morgan fingerprint density at radius 2 is 1.76 bits per heavy atom. The van der Waals surface area contributed by atoms with E-state index in [1.54, 1.807) is 25.3 Å². The van der Waals surface area contributed by atoms with Crippen LogP contribution < -0.4 is 10.7 Å². The lowest BCUT2D eigenvalue weighted by Gasteiger charge is -2.46. The summed E-state index contributed by atoms with van der Waals surface area (Å²) in [7, 11) is 5.53. The van der Waals surface area contributed by atoms with Crippen molar-refractivity contribution in [1.82, 2.24) is 45.0 Å². The first-order valence-electron chi connectivity index (χ1n) is 23.9. The van der Waals surface area contributed by atoms with Crippen LogP contribution in [0.15, 0.2) is 41.9 Å². The molecule has 15 nitrogen and oxygen atoms in total. The number of rotatable bonds is 8. The lowest BCUT2D eigenvalue weighted by Crippen LogP contribution is -2.63. The highest BCUT2D eigenvalue weighted by molar-refractivity contribution is 7.59. The van der Waals surface area contributed by atoms with Crippen molar-refractivity contribution in [3.8, 4) is 22.5 Å². The molecule has 4 aromatic rings. The summed E-state index contributed by atoms with van der Waals surface area (Å²) in [4.78, 5) is 73.6. The summed E-state index contributed by atoms with van der Waals surface area (Å²) in [5.41, 5.74) is 9.25. The van der Waals surface area contributed by atoms with Gasteiger partial charge in [-0.3, -0.25) is 24.4 Å². The highest BCUT2D eigenvalue weighted by atomic mass is 32.1. The molecule has 4 aliphatic rings. The summed E-state index contributed by atoms with van der Waals surface area (Å²) in [5.74, 6) is -1.46. The molecule has 3 fully saturated rings. The van der Waals surface area contributed by atoms with Gasteiger partial charge in [0, 0.05) is 97.9 Å². The molecular weight excluding hydrogens is 983 g/mol. The molecule has 4 amide bonds. The minimum Gasteiger partial charge on any atom is -0.464 e. The zero-order chi connectivity index (χ0) is 47.1.